The molecule has 5 nitrogen and oxygen atoms in total. The number of carbonyl (C=O) groups is 2. The van der Waals surface area contributed by atoms with Gasteiger partial charge in [0.25, 0.3) is 0 Å². The molecular weight excluding hydrogens is 230 g/mol. The number of rotatable bonds is 4. The van der Waals surface area contributed by atoms with E-state index in [4.69, 9.17) is 5.73 Å². The molecule has 1 unspecified atom stereocenters. The number of hydrogen-bond donors (Lipinski definition) is 3. The molecule has 1 atom stereocenters. The van der Waals surface area contributed by atoms with Gasteiger partial charge in [0, 0.05) is 18.3 Å². The van der Waals surface area contributed by atoms with Crippen molar-refractivity contribution in [3.8, 4) is 0 Å². The molecule has 0 bridgehead atoms. The average molecular weight is 249 g/mol. The molecule has 0 radical (unpaired) electrons. The van der Waals surface area contributed by atoms with E-state index in [1.54, 1.807) is 18.2 Å². The quantitative estimate of drug-likeness (QED) is 0.758. The van der Waals surface area contributed by atoms with Crippen molar-refractivity contribution in [1.29, 1.82) is 0 Å². The van der Waals surface area contributed by atoms with Gasteiger partial charge >= 0.3 is 0 Å². The summed E-state index contributed by atoms with van der Waals surface area (Å²) in [5, 5.41) is 5.45. The Labute approximate surface area is 107 Å². The first-order chi connectivity index (χ1) is 8.43. The van der Waals surface area contributed by atoms with E-state index < -0.39 is 6.04 Å². The Morgan fingerprint density at radius 3 is 2.50 bits per heavy atom. The Morgan fingerprint density at radius 1 is 1.33 bits per heavy atom. The number of anilines is 2. The van der Waals surface area contributed by atoms with E-state index in [2.05, 4.69) is 10.6 Å². The molecule has 18 heavy (non-hydrogen) atoms. The highest BCUT2D eigenvalue weighted by Gasteiger charge is 2.11. The van der Waals surface area contributed by atoms with Gasteiger partial charge < -0.3 is 16.4 Å². The molecule has 1 aromatic rings. The molecule has 5 heteroatoms. The van der Waals surface area contributed by atoms with Crippen LogP contribution in [0.15, 0.2) is 18.2 Å². The van der Waals surface area contributed by atoms with Crippen LogP contribution in [-0.2, 0) is 9.59 Å². The van der Waals surface area contributed by atoms with Crippen molar-refractivity contribution in [3.63, 3.8) is 0 Å². The van der Waals surface area contributed by atoms with E-state index in [9.17, 15) is 9.59 Å². The van der Waals surface area contributed by atoms with Gasteiger partial charge in [-0.05, 0) is 37.1 Å². The molecule has 0 aliphatic heterocycles. The van der Waals surface area contributed by atoms with Gasteiger partial charge in [0.2, 0.25) is 11.8 Å². The lowest BCUT2D eigenvalue weighted by Gasteiger charge is -2.12. The number of aryl methyl sites for hydroxylation is 1. The van der Waals surface area contributed by atoms with Gasteiger partial charge in [-0.25, -0.2) is 0 Å². The number of nitrogens with one attached hydrogen (secondary N) is 2. The lowest BCUT2D eigenvalue weighted by molar-refractivity contribution is -0.117. The van der Waals surface area contributed by atoms with Gasteiger partial charge in [0.1, 0.15) is 0 Å². The summed E-state index contributed by atoms with van der Waals surface area (Å²) in [5.41, 5.74) is 7.92. The smallest absolute Gasteiger partial charge is 0.241 e. The fourth-order valence-electron chi connectivity index (χ4n) is 1.49. The van der Waals surface area contributed by atoms with Gasteiger partial charge in [0.15, 0.2) is 0 Å². The Bertz CT molecular complexity index is 458. The number of carbonyl (C=O) groups excluding carboxylic acids is 2. The van der Waals surface area contributed by atoms with Crippen LogP contribution >= 0.6 is 0 Å². The fourth-order valence-corrected chi connectivity index (χ4v) is 1.49. The molecule has 1 rings (SSSR count). The third-order valence-electron chi connectivity index (χ3n) is 2.58. The van der Waals surface area contributed by atoms with Crippen LogP contribution in [0.3, 0.4) is 0 Å². The minimum Gasteiger partial charge on any atom is -0.326 e. The van der Waals surface area contributed by atoms with E-state index >= 15 is 0 Å². The van der Waals surface area contributed by atoms with Crippen molar-refractivity contribution < 1.29 is 9.59 Å². The normalized spacial score (nSPS) is 11.8. The second kappa shape index (κ2) is 6.16. The third-order valence-corrected chi connectivity index (χ3v) is 2.58. The maximum absolute atomic E-state index is 11.6. The monoisotopic (exact) mass is 249 g/mol. The molecule has 2 amide bonds. The van der Waals surface area contributed by atoms with Crippen molar-refractivity contribution >= 4 is 23.2 Å². The number of benzene rings is 1. The largest absolute Gasteiger partial charge is 0.326 e. The summed E-state index contributed by atoms with van der Waals surface area (Å²) in [4.78, 5) is 22.6. The Hall–Kier alpha value is -1.88. The van der Waals surface area contributed by atoms with Crippen LogP contribution in [0.4, 0.5) is 11.4 Å². The van der Waals surface area contributed by atoms with Gasteiger partial charge in [-0.2, -0.15) is 0 Å². The van der Waals surface area contributed by atoms with Crippen molar-refractivity contribution in [2.75, 3.05) is 10.6 Å². The topological polar surface area (TPSA) is 84.2 Å². The molecule has 0 aromatic heterocycles. The Balaban J connectivity index is 2.78. The molecule has 0 saturated carbocycles. The summed E-state index contributed by atoms with van der Waals surface area (Å²) in [7, 11) is 0. The molecule has 0 saturated heterocycles. The zero-order valence-electron chi connectivity index (χ0n) is 10.9. The molecule has 98 valence electrons. The standard InChI is InChI=1S/C13H19N3O2/c1-4-11(14)13(18)16-10-5-6-12(8(2)7-10)15-9(3)17/h5-7,11H,4,14H2,1-3H3,(H,15,17)(H,16,18). The minimum absolute atomic E-state index is 0.122. The summed E-state index contributed by atoms with van der Waals surface area (Å²) in [5.74, 6) is -0.327. The Kier molecular flexibility index (Phi) is 4.85. The fraction of sp³-hybridized carbons (Fsp3) is 0.385. The van der Waals surface area contributed by atoms with Crippen LogP contribution < -0.4 is 16.4 Å². The summed E-state index contributed by atoms with van der Waals surface area (Å²) < 4.78 is 0. The minimum atomic E-state index is -0.500. The van der Waals surface area contributed by atoms with Crippen LogP contribution in [0.1, 0.15) is 25.8 Å². The number of nitrogens with two attached hydrogens (primary N) is 1. The molecule has 1 aromatic carbocycles. The second-order valence-corrected chi connectivity index (χ2v) is 4.21. The van der Waals surface area contributed by atoms with Crippen LogP contribution in [0.2, 0.25) is 0 Å². The predicted molar refractivity (Wildman–Crippen MR) is 72.4 cm³/mol. The summed E-state index contributed by atoms with van der Waals surface area (Å²) in [6.45, 7) is 5.17. The molecule has 0 heterocycles. The molecule has 0 fully saturated rings. The first-order valence-electron chi connectivity index (χ1n) is 5.88. The van der Waals surface area contributed by atoms with Crippen molar-refractivity contribution in [3.05, 3.63) is 23.8 Å². The van der Waals surface area contributed by atoms with E-state index in [1.165, 1.54) is 6.92 Å². The number of hydrogen-bond acceptors (Lipinski definition) is 3. The van der Waals surface area contributed by atoms with E-state index in [1.807, 2.05) is 13.8 Å². The maximum atomic E-state index is 11.6. The summed E-state index contributed by atoms with van der Waals surface area (Å²) >= 11 is 0. The van der Waals surface area contributed by atoms with Crippen LogP contribution in [-0.4, -0.2) is 17.9 Å². The maximum Gasteiger partial charge on any atom is 0.241 e. The van der Waals surface area contributed by atoms with Crippen LogP contribution in [0.25, 0.3) is 0 Å². The molecule has 0 aliphatic rings. The second-order valence-electron chi connectivity index (χ2n) is 4.21. The average Bonchev–Trinajstić information content (AvgIpc) is 2.31. The zero-order valence-corrected chi connectivity index (χ0v) is 10.9. The van der Waals surface area contributed by atoms with Gasteiger partial charge in [-0.15, -0.1) is 0 Å². The van der Waals surface area contributed by atoms with Gasteiger partial charge in [0.05, 0.1) is 6.04 Å². The van der Waals surface area contributed by atoms with Gasteiger partial charge in [-0.3, -0.25) is 9.59 Å². The third kappa shape index (κ3) is 3.85. The SMILES string of the molecule is CCC(N)C(=O)Nc1ccc(NC(C)=O)c(C)c1. The Morgan fingerprint density at radius 2 is 2.00 bits per heavy atom. The van der Waals surface area contributed by atoms with Gasteiger partial charge in [-0.1, -0.05) is 6.92 Å². The van der Waals surface area contributed by atoms with Crippen LogP contribution in [0, 0.1) is 6.92 Å². The lowest BCUT2D eigenvalue weighted by Crippen LogP contribution is -2.34. The zero-order chi connectivity index (χ0) is 13.7. The van der Waals surface area contributed by atoms with E-state index in [-0.39, 0.29) is 11.8 Å². The van der Waals surface area contributed by atoms with Crippen molar-refractivity contribution in [1.82, 2.24) is 0 Å². The summed E-state index contributed by atoms with van der Waals surface area (Å²) in [6.07, 6.45) is 0.592. The lowest BCUT2D eigenvalue weighted by atomic mass is 10.1. The highest BCUT2D eigenvalue weighted by Crippen LogP contribution is 2.19. The van der Waals surface area contributed by atoms with Crippen molar-refractivity contribution in [2.24, 2.45) is 5.73 Å². The first kappa shape index (κ1) is 14.2. The van der Waals surface area contributed by atoms with E-state index in [0.29, 0.717) is 12.1 Å². The predicted octanol–water partition coefficient (Wildman–Crippen LogP) is 1.63. The molecule has 4 N–H and O–H groups in total. The van der Waals surface area contributed by atoms with Crippen LogP contribution in [0.5, 0.6) is 0 Å². The highest BCUT2D eigenvalue weighted by atomic mass is 16.2. The summed E-state index contributed by atoms with van der Waals surface area (Å²) in [6, 6.07) is 4.79. The molecule has 0 aliphatic carbocycles. The molecule has 0 spiro atoms. The van der Waals surface area contributed by atoms with E-state index in [0.717, 1.165) is 11.3 Å². The number of amides is 2. The highest BCUT2D eigenvalue weighted by molar-refractivity contribution is 5.95. The first-order valence-corrected chi connectivity index (χ1v) is 5.88. The molecular formula is C13H19N3O2. The van der Waals surface area contributed by atoms with Crippen molar-refractivity contribution in [2.45, 2.75) is 33.2 Å².